The van der Waals surface area contributed by atoms with Gasteiger partial charge in [0.2, 0.25) is 0 Å². The number of furan rings is 1. The Balaban J connectivity index is 1.77. The highest BCUT2D eigenvalue weighted by atomic mass is 16.3. The summed E-state index contributed by atoms with van der Waals surface area (Å²) in [6.07, 6.45) is 7.65. The van der Waals surface area contributed by atoms with Crippen molar-refractivity contribution >= 4 is 11.2 Å². The SMILES string of the molecule is c1coc(-c2nc3[nH]c(C4CC4)nc3cc2-c2ccncc2)c1. The number of aromatic amines is 1. The predicted octanol–water partition coefficient (Wildman–Crippen LogP) is 4.16. The van der Waals surface area contributed by atoms with Crippen molar-refractivity contribution in [3.63, 3.8) is 0 Å². The van der Waals surface area contributed by atoms with Crippen molar-refractivity contribution in [2.24, 2.45) is 0 Å². The highest BCUT2D eigenvalue weighted by Gasteiger charge is 2.27. The molecule has 1 N–H and O–H groups in total. The second-order valence-electron chi connectivity index (χ2n) is 5.86. The molecule has 0 aliphatic heterocycles. The molecule has 0 radical (unpaired) electrons. The van der Waals surface area contributed by atoms with Gasteiger partial charge in [0.1, 0.15) is 17.0 Å². The Labute approximate surface area is 132 Å². The zero-order valence-electron chi connectivity index (χ0n) is 12.4. The third-order valence-electron chi connectivity index (χ3n) is 4.20. The Morgan fingerprint density at radius 1 is 1.09 bits per heavy atom. The van der Waals surface area contributed by atoms with Crippen molar-refractivity contribution < 1.29 is 4.42 Å². The highest BCUT2D eigenvalue weighted by molar-refractivity contribution is 5.87. The van der Waals surface area contributed by atoms with Gasteiger partial charge in [-0.1, -0.05) is 0 Å². The van der Waals surface area contributed by atoms with E-state index in [-0.39, 0.29) is 0 Å². The van der Waals surface area contributed by atoms with E-state index in [1.54, 1.807) is 18.7 Å². The lowest BCUT2D eigenvalue weighted by Gasteiger charge is -2.06. The molecule has 4 heterocycles. The molecule has 5 rings (SSSR count). The molecule has 1 saturated carbocycles. The molecule has 0 atom stereocenters. The molecule has 5 heteroatoms. The summed E-state index contributed by atoms with van der Waals surface area (Å²) in [5.74, 6) is 2.37. The predicted molar refractivity (Wildman–Crippen MR) is 86.8 cm³/mol. The van der Waals surface area contributed by atoms with Gasteiger partial charge in [0.15, 0.2) is 11.4 Å². The maximum Gasteiger partial charge on any atom is 0.158 e. The first-order valence-corrected chi connectivity index (χ1v) is 7.73. The van der Waals surface area contributed by atoms with Crippen molar-refractivity contribution in [2.75, 3.05) is 0 Å². The van der Waals surface area contributed by atoms with Crippen LogP contribution in [0.5, 0.6) is 0 Å². The molecule has 1 aliphatic rings. The molecule has 1 aliphatic carbocycles. The van der Waals surface area contributed by atoms with Crippen LogP contribution in [-0.2, 0) is 0 Å². The van der Waals surface area contributed by atoms with Gasteiger partial charge < -0.3 is 9.40 Å². The Kier molecular flexibility index (Phi) is 2.61. The first kappa shape index (κ1) is 12.6. The maximum atomic E-state index is 5.58. The maximum absolute atomic E-state index is 5.58. The van der Waals surface area contributed by atoms with Gasteiger partial charge in [0.25, 0.3) is 0 Å². The van der Waals surface area contributed by atoms with E-state index in [4.69, 9.17) is 14.4 Å². The number of hydrogen-bond acceptors (Lipinski definition) is 4. The Morgan fingerprint density at radius 2 is 1.96 bits per heavy atom. The first-order chi connectivity index (χ1) is 11.4. The molecule has 4 aromatic rings. The number of fused-ring (bicyclic) bond motifs is 1. The minimum atomic E-state index is 0.570. The quantitative estimate of drug-likeness (QED) is 0.617. The Morgan fingerprint density at radius 3 is 2.70 bits per heavy atom. The fraction of sp³-hybridized carbons (Fsp3) is 0.167. The smallest absolute Gasteiger partial charge is 0.158 e. The summed E-state index contributed by atoms with van der Waals surface area (Å²) in [5.41, 5.74) is 4.59. The van der Waals surface area contributed by atoms with Crippen LogP contribution < -0.4 is 0 Å². The number of imidazole rings is 1. The summed E-state index contributed by atoms with van der Waals surface area (Å²) < 4.78 is 5.58. The lowest BCUT2D eigenvalue weighted by Crippen LogP contribution is -1.90. The van der Waals surface area contributed by atoms with E-state index in [9.17, 15) is 0 Å². The molecule has 112 valence electrons. The zero-order valence-corrected chi connectivity index (χ0v) is 12.4. The Bertz CT molecular complexity index is 969. The van der Waals surface area contributed by atoms with Crippen molar-refractivity contribution in [3.8, 4) is 22.6 Å². The minimum Gasteiger partial charge on any atom is -0.463 e. The number of aromatic nitrogens is 4. The lowest BCUT2D eigenvalue weighted by molar-refractivity contribution is 0.580. The third-order valence-corrected chi connectivity index (χ3v) is 4.20. The zero-order chi connectivity index (χ0) is 15.2. The van der Waals surface area contributed by atoms with E-state index >= 15 is 0 Å². The van der Waals surface area contributed by atoms with Crippen LogP contribution in [0.25, 0.3) is 33.7 Å². The van der Waals surface area contributed by atoms with Crippen molar-refractivity contribution in [1.82, 2.24) is 19.9 Å². The fourth-order valence-corrected chi connectivity index (χ4v) is 2.86. The van der Waals surface area contributed by atoms with Gasteiger partial charge in [-0.25, -0.2) is 9.97 Å². The summed E-state index contributed by atoms with van der Waals surface area (Å²) in [4.78, 5) is 17.0. The van der Waals surface area contributed by atoms with Crippen LogP contribution in [-0.4, -0.2) is 19.9 Å². The van der Waals surface area contributed by atoms with Gasteiger partial charge in [0, 0.05) is 23.9 Å². The van der Waals surface area contributed by atoms with E-state index in [0.29, 0.717) is 5.92 Å². The summed E-state index contributed by atoms with van der Waals surface area (Å²) in [5, 5.41) is 0. The van der Waals surface area contributed by atoms with Gasteiger partial charge in [-0.05, 0) is 48.7 Å². The van der Waals surface area contributed by atoms with E-state index in [1.165, 1.54) is 12.8 Å². The topological polar surface area (TPSA) is 67.6 Å². The molecule has 0 aromatic carbocycles. The number of nitrogens with one attached hydrogen (secondary N) is 1. The second-order valence-corrected chi connectivity index (χ2v) is 5.86. The number of hydrogen-bond donors (Lipinski definition) is 1. The number of pyridine rings is 2. The molecule has 4 aromatic heterocycles. The molecule has 5 nitrogen and oxygen atoms in total. The number of H-pyrrole nitrogens is 1. The largest absolute Gasteiger partial charge is 0.463 e. The van der Waals surface area contributed by atoms with Crippen LogP contribution in [0.15, 0.2) is 53.4 Å². The van der Waals surface area contributed by atoms with Crippen molar-refractivity contribution in [1.29, 1.82) is 0 Å². The van der Waals surface area contributed by atoms with E-state index in [0.717, 1.165) is 39.6 Å². The number of nitrogens with zero attached hydrogens (tertiary/aromatic N) is 3. The van der Waals surface area contributed by atoms with Gasteiger partial charge in [-0.2, -0.15) is 0 Å². The third kappa shape index (κ3) is 2.12. The van der Waals surface area contributed by atoms with Gasteiger partial charge in [-0.3, -0.25) is 4.98 Å². The van der Waals surface area contributed by atoms with Gasteiger partial charge in [-0.15, -0.1) is 0 Å². The molecule has 0 amide bonds. The monoisotopic (exact) mass is 302 g/mol. The summed E-state index contributed by atoms with van der Waals surface area (Å²) in [6, 6.07) is 9.84. The van der Waals surface area contributed by atoms with Crippen LogP contribution in [0.2, 0.25) is 0 Å². The molecule has 1 fully saturated rings. The van der Waals surface area contributed by atoms with E-state index in [1.807, 2.05) is 24.3 Å². The van der Waals surface area contributed by atoms with Crippen molar-refractivity contribution in [3.05, 3.63) is 54.8 Å². The van der Waals surface area contributed by atoms with Crippen molar-refractivity contribution in [2.45, 2.75) is 18.8 Å². The second kappa shape index (κ2) is 4.78. The minimum absolute atomic E-state index is 0.570. The fourth-order valence-electron chi connectivity index (χ4n) is 2.86. The summed E-state index contributed by atoms with van der Waals surface area (Å²) in [6.45, 7) is 0. The molecule has 0 unspecified atom stereocenters. The average Bonchev–Trinajstić information content (AvgIpc) is 3.14. The van der Waals surface area contributed by atoms with Gasteiger partial charge in [0.05, 0.1) is 6.26 Å². The molecule has 0 spiro atoms. The van der Waals surface area contributed by atoms with Crippen LogP contribution in [0.4, 0.5) is 0 Å². The Hall–Kier alpha value is -2.95. The summed E-state index contributed by atoms with van der Waals surface area (Å²) >= 11 is 0. The molecular weight excluding hydrogens is 288 g/mol. The van der Waals surface area contributed by atoms with Crippen LogP contribution in [0, 0.1) is 0 Å². The van der Waals surface area contributed by atoms with E-state index < -0.39 is 0 Å². The number of rotatable bonds is 3. The van der Waals surface area contributed by atoms with Crippen LogP contribution >= 0.6 is 0 Å². The molecular formula is C18H14N4O. The molecule has 0 saturated heterocycles. The standard InChI is InChI=1S/C18H14N4O/c1-2-15(23-9-1)16-13(11-5-7-19-8-6-11)10-14-18(21-16)22-17(20-14)12-3-4-12/h1-2,5-10,12H,3-4H2,(H,20,21,22). The lowest BCUT2D eigenvalue weighted by atomic mass is 10.0. The van der Waals surface area contributed by atoms with Gasteiger partial charge >= 0.3 is 0 Å². The molecule has 23 heavy (non-hydrogen) atoms. The average molecular weight is 302 g/mol. The molecule has 0 bridgehead atoms. The normalized spacial score (nSPS) is 14.4. The summed E-state index contributed by atoms with van der Waals surface area (Å²) in [7, 11) is 0. The highest BCUT2D eigenvalue weighted by Crippen LogP contribution is 2.40. The van der Waals surface area contributed by atoms with Crippen LogP contribution in [0.3, 0.4) is 0 Å². The van der Waals surface area contributed by atoms with E-state index in [2.05, 4.69) is 16.0 Å². The van der Waals surface area contributed by atoms with Crippen LogP contribution in [0.1, 0.15) is 24.6 Å². The first-order valence-electron chi connectivity index (χ1n) is 7.73.